The Morgan fingerprint density at radius 2 is 0.737 bits per heavy atom. The van der Waals surface area contributed by atoms with Gasteiger partial charge in [0.25, 0.3) is 0 Å². The number of nitrogens with one attached hydrogen (secondary N) is 1. The Kier molecular flexibility index (Phi) is 2400. The van der Waals surface area contributed by atoms with Crippen molar-refractivity contribution in [3.8, 4) is 0 Å². The lowest BCUT2D eigenvalue weighted by atomic mass is 10.6. The highest BCUT2D eigenvalue weighted by molar-refractivity contribution is 4.55. The summed E-state index contributed by atoms with van der Waals surface area (Å²) in [6.07, 6.45) is 2.88. The van der Waals surface area contributed by atoms with Crippen molar-refractivity contribution in [2.24, 2.45) is 0 Å². The first-order chi connectivity index (χ1) is 9.33. The van der Waals surface area contributed by atoms with Crippen molar-refractivity contribution in [2.45, 2.75) is 89.5 Å². The van der Waals surface area contributed by atoms with Crippen LogP contribution in [0.25, 0.3) is 0 Å². The van der Waals surface area contributed by atoms with Gasteiger partial charge < -0.3 is 5.32 Å². The zero-order valence-corrected chi connectivity index (χ0v) is 16.9. The standard InChI is InChI=1S/C3H7N.C3H8.5C2H6.C2H4/c1-3-4-2;1-3-2;6*1-2/h3-4H,1H2,2H3;3H2,1-2H3;5*1-2H3;1-2H2. The van der Waals surface area contributed by atoms with Gasteiger partial charge in [-0.05, 0) is 6.20 Å². The van der Waals surface area contributed by atoms with E-state index in [4.69, 9.17) is 0 Å². The molecule has 0 spiro atoms. The normalized spacial score (nSPS) is 3.84. The first kappa shape index (κ1) is 51.7. The molecule has 126 valence electrons. The number of hydrogen-bond acceptors (Lipinski definition) is 1. The second-order valence-corrected chi connectivity index (χ2v) is 1.20. The van der Waals surface area contributed by atoms with Crippen LogP contribution in [0.3, 0.4) is 0 Å². The van der Waals surface area contributed by atoms with Crippen LogP contribution in [-0.4, -0.2) is 7.05 Å². The molecule has 0 saturated carbocycles. The quantitative estimate of drug-likeness (QED) is 0.485. The SMILES string of the molecule is C=C.C=CNC.CC.CC.CC.CC.CC.CCC. The summed E-state index contributed by atoms with van der Waals surface area (Å²) in [6, 6.07) is 0. The van der Waals surface area contributed by atoms with Gasteiger partial charge in [0.1, 0.15) is 0 Å². The maximum absolute atomic E-state index is 3.37. The van der Waals surface area contributed by atoms with Gasteiger partial charge >= 0.3 is 0 Å². The predicted molar refractivity (Wildman–Crippen MR) is 103 cm³/mol. The maximum Gasteiger partial charge on any atom is 0.00275 e. The molecule has 0 saturated heterocycles. The fraction of sp³-hybridized carbons (Fsp3) is 0.778. The van der Waals surface area contributed by atoms with Crippen LogP contribution in [0.5, 0.6) is 0 Å². The molecule has 19 heavy (non-hydrogen) atoms. The third kappa shape index (κ3) is 51500. The molecule has 0 aliphatic heterocycles. The summed E-state index contributed by atoms with van der Waals surface area (Å²) < 4.78 is 0. The third-order valence-corrected chi connectivity index (χ3v) is 0.204. The molecule has 0 fully saturated rings. The van der Waals surface area contributed by atoms with E-state index < -0.39 is 0 Å². The summed E-state index contributed by atoms with van der Waals surface area (Å²) in [5, 5.41) is 2.69. The van der Waals surface area contributed by atoms with Crippen molar-refractivity contribution in [2.75, 3.05) is 7.05 Å². The van der Waals surface area contributed by atoms with Crippen LogP contribution in [0, 0.1) is 0 Å². The average Bonchev–Trinajstić information content (AvgIpc) is 2.59. The van der Waals surface area contributed by atoms with E-state index in [9.17, 15) is 0 Å². The minimum absolute atomic E-state index is 1.25. The van der Waals surface area contributed by atoms with E-state index in [0.29, 0.717) is 0 Å². The van der Waals surface area contributed by atoms with Crippen molar-refractivity contribution in [1.29, 1.82) is 0 Å². The molecule has 0 heterocycles. The van der Waals surface area contributed by atoms with E-state index in [1.807, 2.05) is 76.3 Å². The largest absolute Gasteiger partial charge is 0.394 e. The van der Waals surface area contributed by atoms with Gasteiger partial charge in [0.05, 0.1) is 0 Å². The minimum Gasteiger partial charge on any atom is -0.394 e. The van der Waals surface area contributed by atoms with Crippen molar-refractivity contribution >= 4 is 0 Å². The molecule has 0 rings (SSSR count). The number of hydrogen-bond donors (Lipinski definition) is 1. The van der Waals surface area contributed by atoms with E-state index in [1.165, 1.54) is 6.42 Å². The average molecular weight is 280 g/mol. The fourth-order valence-corrected chi connectivity index (χ4v) is 0. The Bertz CT molecular complexity index is 34.7. The molecule has 0 aromatic heterocycles. The molecule has 1 N–H and O–H groups in total. The third-order valence-electron chi connectivity index (χ3n) is 0.204. The maximum atomic E-state index is 3.37. The first-order valence-corrected chi connectivity index (χ1v) is 8.11. The monoisotopic (exact) mass is 279 g/mol. The van der Waals surface area contributed by atoms with Crippen LogP contribution in [0.1, 0.15) is 89.5 Å². The molecular weight excluding hydrogens is 230 g/mol. The zero-order valence-electron chi connectivity index (χ0n) is 16.9. The van der Waals surface area contributed by atoms with Crippen LogP contribution >= 0.6 is 0 Å². The molecule has 0 aliphatic carbocycles. The smallest absolute Gasteiger partial charge is 0.00275 e. The van der Waals surface area contributed by atoms with Crippen molar-refractivity contribution < 1.29 is 0 Å². The van der Waals surface area contributed by atoms with Gasteiger partial charge in [-0.2, -0.15) is 0 Å². The van der Waals surface area contributed by atoms with Gasteiger partial charge in [-0.15, -0.1) is 13.2 Å². The van der Waals surface area contributed by atoms with Crippen LogP contribution in [0.2, 0.25) is 0 Å². The lowest BCUT2D eigenvalue weighted by Gasteiger charge is -1.70. The highest BCUT2D eigenvalue weighted by atomic mass is 14.8. The molecule has 1 nitrogen and oxygen atoms in total. The van der Waals surface area contributed by atoms with Crippen LogP contribution in [0.4, 0.5) is 0 Å². The van der Waals surface area contributed by atoms with Crippen LogP contribution < -0.4 is 5.32 Å². The fourth-order valence-electron chi connectivity index (χ4n) is 0. The molecule has 0 amide bonds. The van der Waals surface area contributed by atoms with E-state index in [1.54, 1.807) is 6.20 Å². The Balaban J connectivity index is -0.0000000124. The van der Waals surface area contributed by atoms with Gasteiger partial charge in [0, 0.05) is 7.05 Å². The second kappa shape index (κ2) is 881. The Labute approximate surface area is 128 Å². The van der Waals surface area contributed by atoms with Gasteiger partial charge in [-0.1, -0.05) is 96.1 Å². The van der Waals surface area contributed by atoms with E-state index in [0.717, 1.165) is 0 Å². The molecule has 0 unspecified atom stereocenters. The molecule has 0 radical (unpaired) electrons. The van der Waals surface area contributed by atoms with Gasteiger partial charge in [-0.3, -0.25) is 0 Å². The Morgan fingerprint density at radius 1 is 0.684 bits per heavy atom. The topological polar surface area (TPSA) is 12.0 Å². The predicted octanol–water partition coefficient (Wildman–Crippen LogP) is 7.70. The van der Waals surface area contributed by atoms with Crippen LogP contribution in [0.15, 0.2) is 25.9 Å². The summed E-state index contributed by atoms with van der Waals surface area (Å²) in [4.78, 5) is 0. The van der Waals surface area contributed by atoms with Crippen molar-refractivity contribution in [3.63, 3.8) is 0 Å². The molecule has 0 aliphatic rings. The summed E-state index contributed by atoms with van der Waals surface area (Å²) >= 11 is 0. The van der Waals surface area contributed by atoms with Crippen molar-refractivity contribution in [3.05, 3.63) is 25.9 Å². The highest BCUT2D eigenvalue weighted by Gasteiger charge is 1.35. The summed E-state index contributed by atoms with van der Waals surface area (Å²) in [7, 11) is 1.81. The lowest BCUT2D eigenvalue weighted by molar-refractivity contribution is 1.09. The lowest BCUT2D eigenvalue weighted by Crippen LogP contribution is -1.87. The highest BCUT2D eigenvalue weighted by Crippen LogP contribution is 1.56. The van der Waals surface area contributed by atoms with Crippen LogP contribution in [-0.2, 0) is 0 Å². The minimum atomic E-state index is 1.25. The molecule has 0 bridgehead atoms. The van der Waals surface area contributed by atoms with E-state index in [-0.39, 0.29) is 0 Å². The van der Waals surface area contributed by atoms with E-state index in [2.05, 4.69) is 38.9 Å². The molecule has 1 heteroatoms. The summed E-state index contributed by atoms with van der Waals surface area (Å²) in [5.74, 6) is 0. The van der Waals surface area contributed by atoms with Gasteiger partial charge in [0.15, 0.2) is 0 Å². The molecule has 0 atom stereocenters. The van der Waals surface area contributed by atoms with Gasteiger partial charge in [-0.25, -0.2) is 0 Å². The second-order valence-electron chi connectivity index (χ2n) is 1.20. The Hall–Kier alpha value is -0.720. The molecule has 0 aromatic carbocycles. The first-order valence-electron chi connectivity index (χ1n) is 8.11. The summed E-state index contributed by atoms with van der Waals surface area (Å²) in [6.45, 7) is 33.6. The summed E-state index contributed by atoms with van der Waals surface area (Å²) in [5.41, 5.74) is 0. The van der Waals surface area contributed by atoms with Gasteiger partial charge in [0.2, 0.25) is 0 Å². The molecular formula is C18H49N. The zero-order chi connectivity index (χ0) is 18.1. The Morgan fingerprint density at radius 3 is 0.737 bits per heavy atom. The van der Waals surface area contributed by atoms with E-state index >= 15 is 0 Å². The molecule has 0 aromatic rings. The number of rotatable bonds is 1. The van der Waals surface area contributed by atoms with Crippen molar-refractivity contribution in [1.82, 2.24) is 5.32 Å².